The summed E-state index contributed by atoms with van der Waals surface area (Å²) in [5.41, 5.74) is 5.71. The zero-order chi connectivity index (χ0) is 10.7. The van der Waals surface area contributed by atoms with E-state index in [1.807, 2.05) is 0 Å². The van der Waals surface area contributed by atoms with Crippen LogP contribution < -0.4 is 10.5 Å². The zero-order valence-corrected chi connectivity index (χ0v) is 7.51. The van der Waals surface area contributed by atoms with Crippen LogP contribution in [0, 0.1) is 5.82 Å². The van der Waals surface area contributed by atoms with E-state index in [-0.39, 0.29) is 11.3 Å². The van der Waals surface area contributed by atoms with Gasteiger partial charge in [0.15, 0.2) is 0 Å². The van der Waals surface area contributed by atoms with Gasteiger partial charge >= 0.3 is 6.61 Å². The zero-order valence-electron chi connectivity index (χ0n) is 7.51. The summed E-state index contributed by atoms with van der Waals surface area (Å²) in [6, 6.07) is 3.01. The molecule has 1 aromatic carbocycles. The molecule has 0 aromatic heterocycles. The van der Waals surface area contributed by atoms with Gasteiger partial charge in [-0.1, -0.05) is 6.07 Å². The van der Waals surface area contributed by atoms with Crippen LogP contribution in [0.1, 0.15) is 18.5 Å². The quantitative estimate of drug-likeness (QED) is 0.822. The molecule has 1 aromatic rings. The number of nitrogens with two attached hydrogens (primary N) is 1. The summed E-state index contributed by atoms with van der Waals surface area (Å²) in [4.78, 5) is 0. The summed E-state index contributed by atoms with van der Waals surface area (Å²) in [7, 11) is 0. The molecule has 0 heterocycles. The van der Waals surface area contributed by atoms with Crippen LogP contribution in [0.3, 0.4) is 0 Å². The second-order valence-corrected chi connectivity index (χ2v) is 2.85. The van der Waals surface area contributed by atoms with Crippen LogP contribution in [0.15, 0.2) is 18.2 Å². The average molecular weight is 205 g/mol. The van der Waals surface area contributed by atoms with Crippen molar-refractivity contribution in [1.82, 2.24) is 0 Å². The normalized spacial score (nSPS) is 13.0. The number of hydrogen-bond donors (Lipinski definition) is 1. The Morgan fingerprint density at radius 3 is 2.43 bits per heavy atom. The first-order valence-electron chi connectivity index (χ1n) is 4.00. The first-order chi connectivity index (χ1) is 6.50. The lowest BCUT2D eigenvalue weighted by atomic mass is 10.1. The second kappa shape index (κ2) is 4.32. The van der Waals surface area contributed by atoms with Crippen molar-refractivity contribution < 1.29 is 17.9 Å². The van der Waals surface area contributed by atoms with Crippen molar-refractivity contribution in [3.8, 4) is 5.75 Å². The summed E-state index contributed by atoms with van der Waals surface area (Å²) in [6.45, 7) is -1.35. The van der Waals surface area contributed by atoms with E-state index >= 15 is 0 Å². The molecule has 0 spiro atoms. The van der Waals surface area contributed by atoms with Crippen molar-refractivity contribution in [3.05, 3.63) is 29.6 Å². The fourth-order valence-corrected chi connectivity index (χ4v) is 1.05. The molecule has 0 aliphatic carbocycles. The van der Waals surface area contributed by atoms with E-state index in [9.17, 15) is 13.2 Å². The van der Waals surface area contributed by atoms with E-state index in [1.54, 1.807) is 6.92 Å². The van der Waals surface area contributed by atoms with Gasteiger partial charge < -0.3 is 10.5 Å². The summed E-state index contributed by atoms with van der Waals surface area (Å²) in [5, 5.41) is 0. The fourth-order valence-electron chi connectivity index (χ4n) is 1.05. The standard InChI is InChI=1S/C9H10F3NO/c1-5(13)7-3-2-6(4-8(7)10)14-9(11)12/h2-5,9H,13H2,1H3. The van der Waals surface area contributed by atoms with Crippen LogP contribution in [0.25, 0.3) is 0 Å². The smallest absolute Gasteiger partial charge is 0.387 e. The predicted molar refractivity (Wildman–Crippen MR) is 45.6 cm³/mol. The van der Waals surface area contributed by atoms with Crippen molar-refractivity contribution in [2.45, 2.75) is 19.6 Å². The van der Waals surface area contributed by atoms with Crippen LogP contribution in [0.4, 0.5) is 13.2 Å². The Balaban J connectivity index is 2.89. The molecule has 5 heteroatoms. The van der Waals surface area contributed by atoms with Crippen LogP contribution in [-0.2, 0) is 0 Å². The van der Waals surface area contributed by atoms with Gasteiger partial charge in [-0.15, -0.1) is 0 Å². The molecular weight excluding hydrogens is 195 g/mol. The fraction of sp³-hybridized carbons (Fsp3) is 0.333. The van der Waals surface area contributed by atoms with E-state index in [1.165, 1.54) is 12.1 Å². The minimum Gasteiger partial charge on any atom is -0.435 e. The number of rotatable bonds is 3. The molecule has 2 N–H and O–H groups in total. The molecule has 1 atom stereocenters. The van der Waals surface area contributed by atoms with Gasteiger partial charge in [-0.05, 0) is 13.0 Å². The molecule has 0 radical (unpaired) electrons. The van der Waals surface area contributed by atoms with E-state index in [0.717, 1.165) is 6.07 Å². The maximum absolute atomic E-state index is 13.1. The van der Waals surface area contributed by atoms with Crippen molar-refractivity contribution >= 4 is 0 Å². The Hall–Kier alpha value is -1.23. The minimum atomic E-state index is -2.95. The first-order valence-corrected chi connectivity index (χ1v) is 4.00. The van der Waals surface area contributed by atoms with E-state index in [2.05, 4.69) is 4.74 Å². The largest absolute Gasteiger partial charge is 0.435 e. The third-order valence-electron chi connectivity index (χ3n) is 1.69. The number of hydrogen-bond acceptors (Lipinski definition) is 2. The summed E-state index contributed by atoms with van der Waals surface area (Å²) >= 11 is 0. The lowest BCUT2D eigenvalue weighted by molar-refractivity contribution is -0.0500. The first kappa shape index (κ1) is 10.8. The third kappa shape index (κ3) is 2.63. The maximum Gasteiger partial charge on any atom is 0.387 e. The Bertz CT molecular complexity index is 315. The van der Waals surface area contributed by atoms with Crippen LogP contribution >= 0.6 is 0 Å². The highest BCUT2D eigenvalue weighted by atomic mass is 19.3. The molecule has 0 aliphatic rings. The molecule has 0 amide bonds. The van der Waals surface area contributed by atoms with Gasteiger partial charge in [0.25, 0.3) is 0 Å². The Morgan fingerprint density at radius 2 is 2.00 bits per heavy atom. The molecule has 0 aliphatic heterocycles. The Kier molecular flexibility index (Phi) is 3.35. The van der Waals surface area contributed by atoms with Gasteiger partial charge in [0, 0.05) is 17.7 Å². The van der Waals surface area contributed by atoms with Gasteiger partial charge in [0.05, 0.1) is 0 Å². The predicted octanol–water partition coefficient (Wildman–Crippen LogP) is 2.45. The lowest BCUT2D eigenvalue weighted by Gasteiger charge is -2.09. The molecule has 0 saturated carbocycles. The number of alkyl halides is 2. The molecule has 14 heavy (non-hydrogen) atoms. The number of ether oxygens (including phenoxy) is 1. The van der Waals surface area contributed by atoms with Gasteiger partial charge in [-0.2, -0.15) is 8.78 Å². The summed E-state index contributed by atoms with van der Waals surface area (Å²) in [5.74, 6) is -0.847. The van der Waals surface area contributed by atoms with Gasteiger partial charge in [-0.25, -0.2) is 4.39 Å². The molecule has 2 nitrogen and oxygen atoms in total. The second-order valence-electron chi connectivity index (χ2n) is 2.85. The SMILES string of the molecule is CC(N)c1ccc(OC(F)F)cc1F. The third-order valence-corrected chi connectivity index (χ3v) is 1.69. The minimum absolute atomic E-state index is 0.207. The molecule has 0 bridgehead atoms. The van der Waals surface area contributed by atoms with Crippen molar-refractivity contribution in [1.29, 1.82) is 0 Å². The van der Waals surface area contributed by atoms with Gasteiger partial charge in [0.2, 0.25) is 0 Å². The van der Waals surface area contributed by atoms with Gasteiger partial charge in [0.1, 0.15) is 11.6 Å². The number of halogens is 3. The highest BCUT2D eigenvalue weighted by molar-refractivity contribution is 5.30. The van der Waals surface area contributed by atoms with Crippen molar-refractivity contribution in [2.75, 3.05) is 0 Å². The topological polar surface area (TPSA) is 35.2 Å². The Morgan fingerprint density at radius 1 is 1.36 bits per heavy atom. The van der Waals surface area contributed by atoms with Crippen LogP contribution in [-0.4, -0.2) is 6.61 Å². The molecule has 0 fully saturated rings. The lowest BCUT2D eigenvalue weighted by Crippen LogP contribution is -2.08. The average Bonchev–Trinajstić information content (AvgIpc) is 2.01. The van der Waals surface area contributed by atoms with E-state index < -0.39 is 18.5 Å². The summed E-state index contributed by atoms with van der Waals surface area (Å²) < 4.78 is 40.6. The van der Waals surface area contributed by atoms with Crippen molar-refractivity contribution in [3.63, 3.8) is 0 Å². The molecule has 0 saturated heterocycles. The summed E-state index contributed by atoms with van der Waals surface area (Å²) in [6.07, 6.45) is 0. The van der Waals surface area contributed by atoms with E-state index in [4.69, 9.17) is 5.73 Å². The maximum atomic E-state index is 13.1. The molecule has 1 unspecified atom stereocenters. The molecule has 78 valence electrons. The van der Waals surface area contributed by atoms with Gasteiger partial charge in [-0.3, -0.25) is 0 Å². The molecular formula is C9H10F3NO. The molecule has 1 rings (SSSR count). The van der Waals surface area contributed by atoms with Crippen LogP contribution in [0.2, 0.25) is 0 Å². The highest BCUT2D eigenvalue weighted by Gasteiger charge is 2.10. The van der Waals surface area contributed by atoms with Crippen molar-refractivity contribution in [2.24, 2.45) is 5.73 Å². The Labute approximate surface area is 79.5 Å². The monoisotopic (exact) mass is 205 g/mol. The van der Waals surface area contributed by atoms with E-state index in [0.29, 0.717) is 0 Å². The van der Waals surface area contributed by atoms with Crippen LogP contribution in [0.5, 0.6) is 5.75 Å². The highest BCUT2D eigenvalue weighted by Crippen LogP contribution is 2.21. The number of benzene rings is 1.